The number of para-hydroxylation sites is 2. The van der Waals surface area contributed by atoms with Crippen molar-refractivity contribution in [3.63, 3.8) is 0 Å². The van der Waals surface area contributed by atoms with E-state index in [-0.39, 0.29) is 0 Å². The second-order valence-electron chi connectivity index (χ2n) is 4.42. The van der Waals surface area contributed by atoms with Crippen LogP contribution < -0.4 is 4.74 Å². The molecule has 3 aromatic carbocycles. The average molecular weight is 313 g/mol. The van der Waals surface area contributed by atoms with E-state index in [4.69, 9.17) is 16.3 Å². The third-order valence-electron chi connectivity index (χ3n) is 2.86. The first-order valence-electron chi connectivity index (χ1n) is 6.56. The molecule has 0 saturated heterocycles. The summed E-state index contributed by atoms with van der Waals surface area (Å²) in [4.78, 5) is 2.20. The standard InChI is InChI=1S/C18H13ClOS/c19-14-10-12-16(13-11-14)21-18-9-5-4-8-17(18)20-15-6-2-1-3-7-15/h1-13H. The first kappa shape index (κ1) is 14.1. The van der Waals surface area contributed by atoms with Crippen molar-refractivity contribution in [2.24, 2.45) is 0 Å². The lowest BCUT2D eigenvalue weighted by molar-refractivity contribution is 0.471. The van der Waals surface area contributed by atoms with Crippen LogP contribution in [0.3, 0.4) is 0 Å². The third kappa shape index (κ3) is 3.81. The van der Waals surface area contributed by atoms with E-state index in [2.05, 4.69) is 6.07 Å². The zero-order valence-electron chi connectivity index (χ0n) is 11.2. The highest BCUT2D eigenvalue weighted by Gasteiger charge is 2.06. The molecule has 1 nitrogen and oxygen atoms in total. The maximum Gasteiger partial charge on any atom is 0.141 e. The van der Waals surface area contributed by atoms with E-state index in [1.165, 1.54) is 0 Å². The molecular formula is C18H13ClOS. The molecule has 3 aromatic rings. The largest absolute Gasteiger partial charge is 0.456 e. The summed E-state index contributed by atoms with van der Waals surface area (Å²) in [5, 5.41) is 0.744. The van der Waals surface area contributed by atoms with E-state index in [0.29, 0.717) is 0 Å². The summed E-state index contributed by atoms with van der Waals surface area (Å²) in [6, 6.07) is 25.6. The SMILES string of the molecule is Clc1ccc(Sc2ccccc2Oc2ccccc2)cc1. The zero-order valence-corrected chi connectivity index (χ0v) is 12.8. The molecular weight excluding hydrogens is 300 g/mol. The van der Waals surface area contributed by atoms with E-state index in [9.17, 15) is 0 Å². The molecule has 0 aliphatic rings. The Morgan fingerprint density at radius 3 is 2.14 bits per heavy atom. The highest BCUT2D eigenvalue weighted by Crippen LogP contribution is 2.37. The number of hydrogen-bond donors (Lipinski definition) is 0. The van der Waals surface area contributed by atoms with Gasteiger partial charge in [0.15, 0.2) is 0 Å². The van der Waals surface area contributed by atoms with E-state index in [1.54, 1.807) is 11.8 Å². The molecule has 0 aliphatic carbocycles. The van der Waals surface area contributed by atoms with Gasteiger partial charge >= 0.3 is 0 Å². The average Bonchev–Trinajstić information content (AvgIpc) is 2.52. The van der Waals surface area contributed by atoms with Crippen molar-refractivity contribution >= 4 is 23.4 Å². The predicted molar refractivity (Wildman–Crippen MR) is 88.5 cm³/mol. The molecule has 0 atom stereocenters. The van der Waals surface area contributed by atoms with Crippen molar-refractivity contribution < 1.29 is 4.74 Å². The van der Waals surface area contributed by atoms with Gasteiger partial charge in [0.2, 0.25) is 0 Å². The van der Waals surface area contributed by atoms with Gasteiger partial charge in [-0.2, -0.15) is 0 Å². The van der Waals surface area contributed by atoms with Crippen LogP contribution in [0, 0.1) is 0 Å². The predicted octanol–water partition coefficient (Wildman–Crippen LogP) is 6.28. The molecule has 0 unspecified atom stereocenters. The van der Waals surface area contributed by atoms with Gasteiger partial charge in [0.1, 0.15) is 11.5 Å². The van der Waals surface area contributed by atoms with Crippen LogP contribution in [0.1, 0.15) is 0 Å². The number of ether oxygens (including phenoxy) is 1. The minimum atomic E-state index is 0.744. The molecule has 0 fully saturated rings. The maximum absolute atomic E-state index is 5.96. The van der Waals surface area contributed by atoms with E-state index in [0.717, 1.165) is 26.3 Å². The molecule has 0 heterocycles. The van der Waals surface area contributed by atoms with Gasteiger partial charge in [0, 0.05) is 9.92 Å². The topological polar surface area (TPSA) is 9.23 Å². The fourth-order valence-corrected chi connectivity index (χ4v) is 2.87. The Morgan fingerprint density at radius 2 is 1.38 bits per heavy atom. The molecule has 21 heavy (non-hydrogen) atoms. The van der Waals surface area contributed by atoms with Crippen LogP contribution in [0.5, 0.6) is 11.5 Å². The van der Waals surface area contributed by atoms with Crippen molar-refractivity contribution in [3.05, 3.63) is 83.9 Å². The monoisotopic (exact) mass is 312 g/mol. The van der Waals surface area contributed by atoms with Gasteiger partial charge < -0.3 is 4.74 Å². The van der Waals surface area contributed by atoms with Crippen LogP contribution >= 0.6 is 23.4 Å². The van der Waals surface area contributed by atoms with Crippen molar-refractivity contribution in [2.45, 2.75) is 9.79 Å². The third-order valence-corrected chi connectivity index (χ3v) is 4.18. The molecule has 0 saturated carbocycles. The van der Waals surface area contributed by atoms with Crippen molar-refractivity contribution in [1.82, 2.24) is 0 Å². The molecule has 3 rings (SSSR count). The van der Waals surface area contributed by atoms with Gasteiger partial charge in [-0.05, 0) is 48.5 Å². The molecule has 3 heteroatoms. The fourth-order valence-electron chi connectivity index (χ4n) is 1.86. The van der Waals surface area contributed by atoms with Crippen LogP contribution in [0.2, 0.25) is 5.02 Å². The summed E-state index contributed by atoms with van der Waals surface area (Å²) in [7, 11) is 0. The molecule has 0 aromatic heterocycles. The quantitative estimate of drug-likeness (QED) is 0.560. The Hall–Kier alpha value is -1.90. The normalized spacial score (nSPS) is 10.3. The maximum atomic E-state index is 5.96. The zero-order chi connectivity index (χ0) is 14.5. The summed E-state index contributed by atoms with van der Waals surface area (Å²) < 4.78 is 5.96. The van der Waals surface area contributed by atoms with E-state index in [1.807, 2.05) is 72.8 Å². The molecule has 0 radical (unpaired) electrons. The van der Waals surface area contributed by atoms with Crippen molar-refractivity contribution in [1.29, 1.82) is 0 Å². The summed E-state index contributed by atoms with van der Waals surface area (Å²) in [6.07, 6.45) is 0. The highest BCUT2D eigenvalue weighted by molar-refractivity contribution is 7.99. The number of hydrogen-bond acceptors (Lipinski definition) is 2. The summed E-state index contributed by atoms with van der Waals surface area (Å²) in [6.45, 7) is 0. The molecule has 0 aliphatic heterocycles. The molecule has 0 spiro atoms. The van der Waals surface area contributed by atoms with Gasteiger partial charge in [0.05, 0.1) is 4.90 Å². The van der Waals surface area contributed by atoms with Crippen LogP contribution in [0.15, 0.2) is 88.7 Å². The van der Waals surface area contributed by atoms with Crippen LogP contribution in [0.25, 0.3) is 0 Å². The first-order valence-corrected chi connectivity index (χ1v) is 7.76. The van der Waals surface area contributed by atoms with Crippen molar-refractivity contribution in [2.75, 3.05) is 0 Å². The molecule has 104 valence electrons. The Bertz CT molecular complexity index is 711. The van der Waals surface area contributed by atoms with Crippen LogP contribution in [-0.4, -0.2) is 0 Å². The van der Waals surface area contributed by atoms with Gasteiger partial charge in [-0.15, -0.1) is 0 Å². The Morgan fingerprint density at radius 1 is 0.714 bits per heavy atom. The Labute approximate surface area is 133 Å². The number of benzene rings is 3. The smallest absolute Gasteiger partial charge is 0.141 e. The number of halogens is 1. The lowest BCUT2D eigenvalue weighted by atomic mass is 10.3. The van der Waals surface area contributed by atoms with Gasteiger partial charge in [0.25, 0.3) is 0 Å². The van der Waals surface area contributed by atoms with Crippen LogP contribution in [0.4, 0.5) is 0 Å². The minimum Gasteiger partial charge on any atom is -0.456 e. The summed E-state index contributed by atoms with van der Waals surface area (Å²) >= 11 is 7.58. The molecule has 0 N–H and O–H groups in total. The number of rotatable bonds is 4. The highest BCUT2D eigenvalue weighted by atomic mass is 35.5. The van der Waals surface area contributed by atoms with Crippen molar-refractivity contribution in [3.8, 4) is 11.5 Å². The lowest BCUT2D eigenvalue weighted by Crippen LogP contribution is -1.86. The molecule has 0 amide bonds. The summed E-state index contributed by atoms with van der Waals surface area (Å²) in [5.41, 5.74) is 0. The lowest BCUT2D eigenvalue weighted by Gasteiger charge is -2.10. The van der Waals surface area contributed by atoms with E-state index >= 15 is 0 Å². The second-order valence-corrected chi connectivity index (χ2v) is 5.97. The minimum absolute atomic E-state index is 0.744. The van der Waals surface area contributed by atoms with Gasteiger partial charge in [-0.3, -0.25) is 0 Å². The molecule has 0 bridgehead atoms. The van der Waals surface area contributed by atoms with Gasteiger partial charge in [-0.25, -0.2) is 0 Å². The Balaban J connectivity index is 1.84. The van der Waals surface area contributed by atoms with E-state index < -0.39 is 0 Å². The summed E-state index contributed by atoms with van der Waals surface area (Å²) in [5.74, 6) is 1.69. The van der Waals surface area contributed by atoms with Gasteiger partial charge in [-0.1, -0.05) is 53.7 Å². The second kappa shape index (κ2) is 6.70. The first-order chi connectivity index (χ1) is 10.3. The van der Waals surface area contributed by atoms with Crippen LogP contribution in [-0.2, 0) is 0 Å². The fraction of sp³-hybridized carbons (Fsp3) is 0. The Kier molecular flexibility index (Phi) is 4.49.